The number of carbonyl (C=O) groups excluding carboxylic acids is 1. The summed E-state index contributed by atoms with van der Waals surface area (Å²) in [5, 5.41) is 10.4. The lowest BCUT2D eigenvalue weighted by Gasteiger charge is -2.20. The first kappa shape index (κ1) is 15.8. The first-order chi connectivity index (χ1) is 10.0. The summed E-state index contributed by atoms with van der Waals surface area (Å²) < 4.78 is 10.00. The minimum atomic E-state index is -0.594. The quantitative estimate of drug-likeness (QED) is 0.833. The van der Waals surface area contributed by atoms with Gasteiger partial charge >= 0.3 is 5.97 Å². The van der Waals surface area contributed by atoms with E-state index in [1.807, 2.05) is 31.2 Å². The van der Waals surface area contributed by atoms with Gasteiger partial charge in [0.2, 0.25) is 0 Å². The fraction of sp³-hybridized carbons (Fsp3) is 0.562. The van der Waals surface area contributed by atoms with Crippen molar-refractivity contribution in [1.82, 2.24) is 4.90 Å². The molecule has 0 bridgehead atoms. The minimum Gasteiger partial charge on any atom is -0.497 e. The normalized spacial score (nSPS) is 23.8. The molecule has 1 aromatic carbocycles. The molecule has 2 rings (SSSR count). The van der Waals surface area contributed by atoms with E-state index < -0.39 is 6.10 Å². The molecule has 1 saturated heterocycles. The molecule has 1 aliphatic rings. The van der Waals surface area contributed by atoms with Crippen LogP contribution < -0.4 is 4.74 Å². The van der Waals surface area contributed by atoms with Crippen LogP contribution >= 0.6 is 0 Å². The number of aliphatic hydroxyl groups excluding tert-OH is 1. The topological polar surface area (TPSA) is 59.0 Å². The third-order valence-electron chi connectivity index (χ3n) is 4.10. The smallest absolute Gasteiger partial charge is 0.310 e. The van der Waals surface area contributed by atoms with Crippen molar-refractivity contribution in [1.29, 1.82) is 0 Å². The number of carbonyl (C=O) groups is 1. The molecule has 1 aromatic rings. The number of ether oxygens (including phenoxy) is 2. The third-order valence-corrected chi connectivity index (χ3v) is 4.10. The molecule has 1 heterocycles. The summed E-state index contributed by atoms with van der Waals surface area (Å²) in [6, 6.07) is 7.43. The second kappa shape index (κ2) is 6.91. The zero-order valence-electron chi connectivity index (χ0n) is 12.8. The molecule has 1 N–H and O–H groups in total. The number of β-amino-alcohol motifs (C(OH)–C–C–N with tert-alkyl or cyclic N) is 1. The monoisotopic (exact) mass is 293 g/mol. The fourth-order valence-corrected chi connectivity index (χ4v) is 2.87. The Morgan fingerprint density at radius 3 is 2.86 bits per heavy atom. The van der Waals surface area contributed by atoms with Crippen molar-refractivity contribution in [2.75, 3.05) is 33.9 Å². The van der Waals surface area contributed by atoms with Crippen molar-refractivity contribution in [3.63, 3.8) is 0 Å². The van der Waals surface area contributed by atoms with Crippen LogP contribution in [0.1, 0.15) is 18.6 Å². The van der Waals surface area contributed by atoms with Crippen molar-refractivity contribution in [2.24, 2.45) is 11.8 Å². The summed E-state index contributed by atoms with van der Waals surface area (Å²) in [6.45, 7) is 3.97. The molecule has 1 aliphatic heterocycles. The van der Waals surface area contributed by atoms with Crippen LogP contribution in [0.2, 0.25) is 0 Å². The van der Waals surface area contributed by atoms with Crippen molar-refractivity contribution >= 4 is 5.97 Å². The predicted molar refractivity (Wildman–Crippen MR) is 79.1 cm³/mol. The van der Waals surface area contributed by atoms with Crippen LogP contribution in [0.25, 0.3) is 0 Å². The second-order valence-electron chi connectivity index (χ2n) is 5.62. The van der Waals surface area contributed by atoms with Gasteiger partial charge in [0.25, 0.3) is 0 Å². The van der Waals surface area contributed by atoms with Gasteiger partial charge in [-0.3, -0.25) is 9.69 Å². The van der Waals surface area contributed by atoms with E-state index in [-0.39, 0.29) is 17.8 Å². The van der Waals surface area contributed by atoms with E-state index in [1.54, 1.807) is 7.11 Å². The highest BCUT2D eigenvalue weighted by molar-refractivity contribution is 5.73. The third kappa shape index (κ3) is 3.74. The largest absolute Gasteiger partial charge is 0.497 e. The second-order valence-corrected chi connectivity index (χ2v) is 5.62. The maximum Gasteiger partial charge on any atom is 0.310 e. The maximum absolute atomic E-state index is 11.7. The summed E-state index contributed by atoms with van der Waals surface area (Å²) in [6.07, 6.45) is -0.594. The lowest BCUT2D eigenvalue weighted by Crippen LogP contribution is -2.28. The van der Waals surface area contributed by atoms with E-state index in [1.165, 1.54) is 7.11 Å². The Balaban J connectivity index is 1.97. The molecular weight excluding hydrogens is 270 g/mol. The highest BCUT2D eigenvalue weighted by Gasteiger charge is 2.36. The molecule has 21 heavy (non-hydrogen) atoms. The van der Waals surface area contributed by atoms with Crippen LogP contribution in [-0.2, 0) is 9.53 Å². The number of methoxy groups -OCH3 is 2. The molecular formula is C16H23NO4. The summed E-state index contributed by atoms with van der Waals surface area (Å²) in [4.78, 5) is 13.8. The summed E-state index contributed by atoms with van der Waals surface area (Å²) >= 11 is 0. The number of benzene rings is 1. The first-order valence-corrected chi connectivity index (χ1v) is 7.17. The predicted octanol–water partition coefficient (Wildman–Crippen LogP) is 1.47. The maximum atomic E-state index is 11.7. The van der Waals surface area contributed by atoms with Gasteiger partial charge in [-0.15, -0.1) is 0 Å². The van der Waals surface area contributed by atoms with Gasteiger partial charge in [0.05, 0.1) is 26.2 Å². The number of hydrogen-bond acceptors (Lipinski definition) is 5. The van der Waals surface area contributed by atoms with Crippen molar-refractivity contribution in [3.05, 3.63) is 29.8 Å². The van der Waals surface area contributed by atoms with Gasteiger partial charge in [0.15, 0.2) is 0 Å². The average molecular weight is 293 g/mol. The average Bonchev–Trinajstić information content (AvgIpc) is 2.87. The number of rotatable bonds is 5. The van der Waals surface area contributed by atoms with E-state index >= 15 is 0 Å². The molecule has 1 fully saturated rings. The van der Waals surface area contributed by atoms with Gasteiger partial charge in [-0.1, -0.05) is 19.1 Å². The summed E-state index contributed by atoms with van der Waals surface area (Å²) in [5.41, 5.74) is 0.823. The number of esters is 1. The van der Waals surface area contributed by atoms with Crippen LogP contribution in [-0.4, -0.2) is 49.8 Å². The number of hydrogen-bond donors (Lipinski definition) is 1. The molecule has 0 spiro atoms. The summed E-state index contributed by atoms with van der Waals surface area (Å²) in [7, 11) is 3.03. The van der Waals surface area contributed by atoms with E-state index in [0.29, 0.717) is 13.1 Å². The fourth-order valence-electron chi connectivity index (χ4n) is 2.87. The van der Waals surface area contributed by atoms with Crippen LogP contribution in [0, 0.1) is 11.8 Å². The van der Waals surface area contributed by atoms with Gasteiger partial charge in [0, 0.05) is 19.6 Å². The molecule has 3 atom stereocenters. The summed E-state index contributed by atoms with van der Waals surface area (Å²) in [5.74, 6) is 0.706. The number of nitrogens with zero attached hydrogens (tertiary/aromatic N) is 1. The zero-order valence-corrected chi connectivity index (χ0v) is 12.8. The van der Waals surface area contributed by atoms with Gasteiger partial charge in [-0.25, -0.2) is 0 Å². The van der Waals surface area contributed by atoms with Crippen molar-refractivity contribution < 1.29 is 19.4 Å². The standard InChI is InChI=1S/C16H23NO4/c1-11-8-17(9-14(11)16(19)21-3)10-15(18)12-5-4-6-13(7-12)20-2/h4-7,11,14-15,18H,8-10H2,1-3H3. The molecule has 5 heteroatoms. The van der Waals surface area contributed by atoms with Gasteiger partial charge in [0.1, 0.15) is 5.75 Å². The number of likely N-dealkylation sites (tertiary alicyclic amines) is 1. The van der Waals surface area contributed by atoms with E-state index in [0.717, 1.165) is 17.9 Å². The molecule has 0 radical (unpaired) electrons. The van der Waals surface area contributed by atoms with Crippen LogP contribution in [0.4, 0.5) is 0 Å². The van der Waals surface area contributed by atoms with Gasteiger partial charge in [-0.05, 0) is 23.6 Å². The SMILES string of the molecule is COC(=O)C1CN(CC(O)c2cccc(OC)c2)CC1C. The molecule has 0 aliphatic carbocycles. The van der Waals surface area contributed by atoms with Crippen molar-refractivity contribution in [3.8, 4) is 5.75 Å². The Hall–Kier alpha value is -1.59. The zero-order chi connectivity index (χ0) is 15.4. The molecule has 5 nitrogen and oxygen atoms in total. The van der Waals surface area contributed by atoms with E-state index in [4.69, 9.17) is 9.47 Å². The van der Waals surface area contributed by atoms with E-state index in [9.17, 15) is 9.90 Å². The van der Waals surface area contributed by atoms with Gasteiger partial charge in [-0.2, -0.15) is 0 Å². The van der Waals surface area contributed by atoms with Crippen LogP contribution in [0.5, 0.6) is 5.75 Å². The molecule has 0 amide bonds. The molecule has 116 valence electrons. The van der Waals surface area contributed by atoms with Crippen LogP contribution in [0.15, 0.2) is 24.3 Å². The van der Waals surface area contributed by atoms with Gasteiger partial charge < -0.3 is 14.6 Å². The Morgan fingerprint density at radius 1 is 1.43 bits per heavy atom. The highest BCUT2D eigenvalue weighted by atomic mass is 16.5. The molecule has 3 unspecified atom stereocenters. The number of aliphatic hydroxyl groups is 1. The minimum absolute atomic E-state index is 0.104. The lowest BCUT2D eigenvalue weighted by molar-refractivity contribution is -0.146. The molecule has 0 saturated carbocycles. The van der Waals surface area contributed by atoms with Crippen molar-refractivity contribution in [2.45, 2.75) is 13.0 Å². The Kier molecular flexibility index (Phi) is 5.20. The lowest BCUT2D eigenvalue weighted by atomic mass is 9.99. The van der Waals surface area contributed by atoms with Crippen LogP contribution in [0.3, 0.4) is 0 Å². The van der Waals surface area contributed by atoms with E-state index in [2.05, 4.69) is 4.90 Å². The Bertz CT molecular complexity index is 491. The highest BCUT2D eigenvalue weighted by Crippen LogP contribution is 2.27. The molecule has 0 aromatic heterocycles. The Labute approximate surface area is 125 Å². The Morgan fingerprint density at radius 2 is 2.19 bits per heavy atom. The first-order valence-electron chi connectivity index (χ1n) is 7.17.